The van der Waals surface area contributed by atoms with E-state index in [1.807, 2.05) is 30.3 Å². The van der Waals surface area contributed by atoms with Gasteiger partial charge in [0.25, 0.3) is 0 Å². The van der Waals surface area contributed by atoms with Crippen LogP contribution in [0.2, 0.25) is 0 Å². The highest BCUT2D eigenvalue weighted by molar-refractivity contribution is 5.76. The molecule has 0 radical (unpaired) electrons. The van der Waals surface area contributed by atoms with Crippen molar-refractivity contribution in [3.63, 3.8) is 0 Å². The van der Waals surface area contributed by atoms with E-state index in [1.165, 1.54) is 11.1 Å². The number of halogens is 3. The second-order valence-electron chi connectivity index (χ2n) is 7.71. The summed E-state index contributed by atoms with van der Waals surface area (Å²) in [7, 11) is 0. The second kappa shape index (κ2) is 9.85. The van der Waals surface area contributed by atoms with Crippen molar-refractivity contribution in [1.82, 2.24) is 19.7 Å². The van der Waals surface area contributed by atoms with Gasteiger partial charge in [0.2, 0.25) is 5.89 Å². The summed E-state index contributed by atoms with van der Waals surface area (Å²) in [5.41, 5.74) is 4.54. The van der Waals surface area contributed by atoms with Crippen molar-refractivity contribution in [3.8, 4) is 0 Å². The highest BCUT2D eigenvalue weighted by Crippen LogP contribution is 2.23. The lowest BCUT2D eigenvalue weighted by atomic mass is 10.1. The van der Waals surface area contributed by atoms with E-state index in [-0.39, 0.29) is 0 Å². The number of nitrogens with zero attached hydrogens (tertiary/aromatic N) is 4. The lowest BCUT2D eigenvalue weighted by molar-refractivity contribution is -0.192. The number of carboxylic acids is 1. The molecule has 0 aliphatic carbocycles. The Morgan fingerprint density at radius 1 is 1.09 bits per heavy atom. The first kappa shape index (κ1) is 24.0. The summed E-state index contributed by atoms with van der Waals surface area (Å²) in [4.78, 5) is 18.3. The summed E-state index contributed by atoms with van der Waals surface area (Å²) in [5.74, 6) is -0.0856. The van der Waals surface area contributed by atoms with E-state index >= 15 is 0 Å². The summed E-state index contributed by atoms with van der Waals surface area (Å²) in [6, 6.07) is 16.4. The van der Waals surface area contributed by atoms with E-state index in [0.29, 0.717) is 30.6 Å². The monoisotopic (exact) mass is 460 g/mol. The van der Waals surface area contributed by atoms with E-state index in [0.717, 1.165) is 16.9 Å². The van der Waals surface area contributed by atoms with E-state index in [4.69, 9.17) is 19.4 Å². The number of imidazole rings is 1. The number of aryl methyl sites for hydroxylation is 1. The highest BCUT2D eigenvalue weighted by Gasteiger charge is 2.38. The lowest BCUT2D eigenvalue weighted by Crippen LogP contribution is -2.21. The predicted molar refractivity (Wildman–Crippen MR) is 115 cm³/mol. The van der Waals surface area contributed by atoms with Gasteiger partial charge in [0.05, 0.1) is 11.0 Å². The number of hydrogen-bond acceptors (Lipinski definition) is 5. The van der Waals surface area contributed by atoms with Crippen LogP contribution in [0, 0.1) is 6.92 Å². The van der Waals surface area contributed by atoms with Gasteiger partial charge in [-0.2, -0.15) is 18.2 Å². The first-order valence-corrected chi connectivity index (χ1v) is 10.2. The number of para-hydroxylation sites is 2. The van der Waals surface area contributed by atoms with Gasteiger partial charge in [-0.15, -0.1) is 0 Å². The number of carboxylic acid groups (broad SMARTS) is 1. The van der Waals surface area contributed by atoms with Crippen molar-refractivity contribution in [3.05, 3.63) is 77.2 Å². The van der Waals surface area contributed by atoms with Gasteiger partial charge in [0, 0.05) is 12.3 Å². The fourth-order valence-electron chi connectivity index (χ4n) is 3.24. The molecule has 1 N–H and O–H groups in total. The van der Waals surface area contributed by atoms with Gasteiger partial charge in [-0.1, -0.05) is 55.4 Å². The minimum absolute atomic E-state index is 0.316. The van der Waals surface area contributed by atoms with Gasteiger partial charge >= 0.3 is 12.1 Å². The van der Waals surface area contributed by atoms with E-state index in [9.17, 15) is 13.2 Å². The van der Waals surface area contributed by atoms with Crippen LogP contribution < -0.4 is 0 Å². The molecule has 0 aliphatic rings. The molecule has 0 saturated carbocycles. The molecule has 4 aromatic rings. The van der Waals surface area contributed by atoms with Crippen LogP contribution in [0.1, 0.15) is 48.4 Å². The average Bonchev–Trinajstić information content (AvgIpc) is 3.34. The Balaban J connectivity index is 0.000000383. The summed E-state index contributed by atoms with van der Waals surface area (Å²) in [5, 5.41) is 11.3. The molecule has 0 fully saturated rings. The second-order valence-corrected chi connectivity index (χ2v) is 7.71. The van der Waals surface area contributed by atoms with E-state index in [1.54, 1.807) is 0 Å². The Morgan fingerprint density at radius 2 is 1.73 bits per heavy atom. The number of fused-ring (bicyclic) bond motifs is 1. The van der Waals surface area contributed by atoms with Crippen LogP contribution in [0.15, 0.2) is 53.1 Å². The molecule has 7 nitrogen and oxygen atoms in total. The first-order chi connectivity index (χ1) is 15.6. The van der Waals surface area contributed by atoms with Crippen molar-refractivity contribution >= 4 is 17.0 Å². The van der Waals surface area contributed by atoms with Crippen LogP contribution in [-0.2, 0) is 17.8 Å². The predicted octanol–water partition coefficient (Wildman–Crippen LogP) is 5.12. The zero-order valence-corrected chi connectivity index (χ0v) is 18.3. The molecule has 0 saturated heterocycles. The molecule has 0 unspecified atom stereocenters. The largest absolute Gasteiger partial charge is 0.490 e. The van der Waals surface area contributed by atoms with Crippen LogP contribution in [0.3, 0.4) is 0 Å². The number of aromatic nitrogens is 4. The molecule has 0 spiro atoms. The molecule has 33 heavy (non-hydrogen) atoms. The number of aliphatic carboxylic acids is 1. The van der Waals surface area contributed by atoms with E-state index < -0.39 is 12.1 Å². The van der Waals surface area contributed by atoms with Gasteiger partial charge in [-0.25, -0.2) is 9.78 Å². The molecule has 0 amide bonds. The molecule has 2 aromatic carbocycles. The molecular formula is C23H23F3N4O3. The zero-order valence-electron chi connectivity index (χ0n) is 18.3. The normalized spacial score (nSPS) is 11.5. The molecule has 2 heterocycles. The van der Waals surface area contributed by atoms with Crippen LogP contribution in [0.5, 0.6) is 0 Å². The maximum Gasteiger partial charge on any atom is 0.490 e. The summed E-state index contributed by atoms with van der Waals surface area (Å²) < 4.78 is 39.4. The third kappa shape index (κ3) is 5.97. The molecule has 4 rings (SSSR count). The van der Waals surface area contributed by atoms with E-state index in [2.05, 4.69) is 53.7 Å². The Bertz CT molecular complexity index is 1250. The lowest BCUT2D eigenvalue weighted by Gasteiger charge is -2.08. The SMILES string of the molecule is Cc1ccccc1Cc1noc(Cn2c(C(C)C)nc3ccccc32)n1.O=C(O)C(F)(F)F. The Morgan fingerprint density at radius 3 is 2.36 bits per heavy atom. The molecule has 2 aromatic heterocycles. The maximum absolute atomic E-state index is 10.6. The number of benzene rings is 2. The first-order valence-electron chi connectivity index (χ1n) is 10.2. The third-order valence-electron chi connectivity index (χ3n) is 4.86. The molecule has 10 heteroatoms. The van der Waals surface area contributed by atoms with Crippen LogP contribution in [-0.4, -0.2) is 36.9 Å². The molecular weight excluding hydrogens is 437 g/mol. The Kier molecular flexibility index (Phi) is 7.15. The minimum atomic E-state index is -5.08. The van der Waals surface area contributed by atoms with Gasteiger partial charge in [-0.3, -0.25) is 0 Å². The quantitative estimate of drug-likeness (QED) is 0.444. The smallest absolute Gasteiger partial charge is 0.475 e. The van der Waals surface area contributed by atoms with Crippen molar-refractivity contribution in [1.29, 1.82) is 0 Å². The number of alkyl halides is 3. The van der Waals surface area contributed by atoms with Crippen LogP contribution in [0.25, 0.3) is 11.0 Å². The molecule has 174 valence electrons. The Hall–Kier alpha value is -3.69. The fraction of sp³-hybridized carbons (Fsp3) is 0.304. The highest BCUT2D eigenvalue weighted by atomic mass is 19.4. The van der Waals surface area contributed by atoms with Gasteiger partial charge in [0.1, 0.15) is 12.4 Å². The van der Waals surface area contributed by atoms with Crippen molar-refractivity contribution in [2.24, 2.45) is 0 Å². The summed E-state index contributed by atoms with van der Waals surface area (Å²) in [6.45, 7) is 6.93. The van der Waals surface area contributed by atoms with Gasteiger partial charge in [0.15, 0.2) is 5.82 Å². The minimum Gasteiger partial charge on any atom is -0.475 e. The summed E-state index contributed by atoms with van der Waals surface area (Å²) >= 11 is 0. The topological polar surface area (TPSA) is 94.0 Å². The zero-order chi connectivity index (χ0) is 24.2. The Labute approximate surface area is 187 Å². The fourth-order valence-corrected chi connectivity index (χ4v) is 3.24. The molecule has 0 atom stereocenters. The maximum atomic E-state index is 10.6. The van der Waals surface area contributed by atoms with Crippen molar-refractivity contribution < 1.29 is 27.6 Å². The van der Waals surface area contributed by atoms with Crippen molar-refractivity contribution in [2.45, 2.75) is 45.8 Å². The van der Waals surface area contributed by atoms with Crippen LogP contribution in [0.4, 0.5) is 13.2 Å². The summed E-state index contributed by atoms with van der Waals surface area (Å²) in [6.07, 6.45) is -4.40. The molecule has 0 aliphatic heterocycles. The molecule has 0 bridgehead atoms. The number of carbonyl (C=O) groups is 1. The van der Waals surface area contributed by atoms with Crippen molar-refractivity contribution in [2.75, 3.05) is 0 Å². The number of hydrogen-bond donors (Lipinski definition) is 1. The standard InChI is InChI=1S/C21H22N4O.C2HF3O2/c1-14(2)21-22-17-10-6-7-11-18(17)25(21)13-20-23-19(24-26-20)12-16-9-5-4-8-15(16)3;3-2(4,5)1(6)7/h4-11,14H,12-13H2,1-3H3;(H,6,7). The van der Waals surface area contributed by atoms with Crippen LogP contribution >= 0.6 is 0 Å². The average molecular weight is 460 g/mol. The number of rotatable bonds is 5. The van der Waals surface area contributed by atoms with Gasteiger partial charge < -0.3 is 14.2 Å². The third-order valence-corrected chi connectivity index (χ3v) is 4.86. The van der Waals surface area contributed by atoms with Gasteiger partial charge in [-0.05, 0) is 30.2 Å².